The first-order chi connectivity index (χ1) is 8.25. The zero-order valence-corrected chi connectivity index (χ0v) is 9.61. The molecule has 0 saturated carbocycles. The first-order valence-electron chi connectivity index (χ1n) is 4.97. The molecule has 3 heteroatoms. The second kappa shape index (κ2) is 5.29. The predicted molar refractivity (Wildman–Crippen MR) is 66.9 cm³/mol. The molecule has 0 N–H and O–H groups in total. The number of halogens is 1. The third-order valence-corrected chi connectivity index (χ3v) is 2.34. The predicted octanol–water partition coefficient (Wildman–Crippen LogP) is 2.97. The Morgan fingerprint density at radius 3 is 2.59 bits per heavy atom. The van der Waals surface area contributed by atoms with E-state index in [1.165, 1.54) is 6.20 Å². The van der Waals surface area contributed by atoms with Crippen molar-refractivity contribution in [2.45, 2.75) is 0 Å². The lowest BCUT2D eigenvalue weighted by Gasteiger charge is -1.91. The van der Waals surface area contributed by atoms with Crippen LogP contribution in [0.25, 0.3) is 0 Å². The number of hydrogen-bond acceptors (Lipinski definition) is 2. The molecule has 1 aromatic heterocycles. The Balaban J connectivity index is 2.17. The lowest BCUT2D eigenvalue weighted by atomic mass is 10.1. The maximum Gasteiger partial charge on any atom is 0.237 e. The number of benzene rings is 1. The largest absolute Gasteiger partial charge is 0.279 e. The summed E-state index contributed by atoms with van der Waals surface area (Å²) in [6.45, 7) is 0. The molecule has 0 unspecified atom stereocenters. The molecule has 0 aliphatic carbocycles. The van der Waals surface area contributed by atoms with Crippen molar-refractivity contribution in [3.63, 3.8) is 0 Å². The molecule has 0 atom stereocenters. The molecular weight excluding hydrogens is 234 g/mol. The van der Waals surface area contributed by atoms with E-state index in [2.05, 4.69) is 16.8 Å². The molecule has 2 aromatic rings. The van der Waals surface area contributed by atoms with Gasteiger partial charge in [-0.3, -0.25) is 9.78 Å². The number of aromatic nitrogens is 1. The monoisotopic (exact) mass is 241 g/mol. The van der Waals surface area contributed by atoms with Crippen molar-refractivity contribution in [2.75, 3.05) is 0 Å². The van der Waals surface area contributed by atoms with E-state index in [-0.39, 0.29) is 5.78 Å². The van der Waals surface area contributed by atoms with Crippen LogP contribution in [-0.2, 0) is 0 Å². The van der Waals surface area contributed by atoms with Crippen LogP contribution in [-0.4, -0.2) is 10.8 Å². The molecule has 0 aliphatic heterocycles. The van der Waals surface area contributed by atoms with E-state index < -0.39 is 0 Å². The first-order valence-corrected chi connectivity index (χ1v) is 5.35. The highest BCUT2D eigenvalue weighted by atomic mass is 35.5. The third kappa shape index (κ3) is 3.17. The van der Waals surface area contributed by atoms with Crippen molar-refractivity contribution < 1.29 is 4.79 Å². The van der Waals surface area contributed by atoms with Gasteiger partial charge in [-0.05, 0) is 42.3 Å². The molecule has 17 heavy (non-hydrogen) atoms. The van der Waals surface area contributed by atoms with Crippen LogP contribution in [0.3, 0.4) is 0 Å². The van der Waals surface area contributed by atoms with Gasteiger partial charge >= 0.3 is 0 Å². The molecule has 2 rings (SSSR count). The summed E-state index contributed by atoms with van der Waals surface area (Å²) >= 11 is 5.75. The van der Waals surface area contributed by atoms with Gasteiger partial charge in [-0.1, -0.05) is 17.5 Å². The molecule has 1 aromatic carbocycles. The zero-order chi connectivity index (χ0) is 12.1. The summed E-state index contributed by atoms with van der Waals surface area (Å²) in [6, 6.07) is 10.4. The number of carbonyl (C=O) groups excluding carboxylic acids is 1. The Labute approximate surface area is 104 Å². The van der Waals surface area contributed by atoms with Crippen molar-refractivity contribution >= 4 is 17.4 Å². The van der Waals surface area contributed by atoms with Crippen molar-refractivity contribution in [3.8, 4) is 11.8 Å². The van der Waals surface area contributed by atoms with Crippen LogP contribution >= 0.6 is 11.6 Å². The standard InChI is InChI=1S/C14H8ClNO/c15-13-6-3-11(4-7-13)5-8-14(17)12-2-1-9-16-10-12/h1-4,6-7,9-10H. The average molecular weight is 242 g/mol. The molecular formula is C14H8ClNO. The number of hydrogen-bond donors (Lipinski definition) is 0. The Morgan fingerprint density at radius 2 is 1.94 bits per heavy atom. The topological polar surface area (TPSA) is 30.0 Å². The Kier molecular flexibility index (Phi) is 3.54. The van der Waals surface area contributed by atoms with Gasteiger partial charge < -0.3 is 0 Å². The highest BCUT2D eigenvalue weighted by Crippen LogP contribution is 2.08. The second-order valence-corrected chi connectivity index (χ2v) is 3.76. The van der Waals surface area contributed by atoms with Gasteiger partial charge in [-0.15, -0.1) is 0 Å². The molecule has 82 valence electrons. The Hall–Kier alpha value is -2.11. The molecule has 0 amide bonds. The maximum atomic E-state index is 11.6. The van der Waals surface area contributed by atoms with E-state index in [1.807, 2.05) is 0 Å². The van der Waals surface area contributed by atoms with Crippen LogP contribution in [0.1, 0.15) is 15.9 Å². The number of rotatable bonds is 1. The summed E-state index contributed by atoms with van der Waals surface area (Å²) in [4.78, 5) is 15.5. The first kappa shape index (κ1) is 11.4. The van der Waals surface area contributed by atoms with Gasteiger partial charge in [0.25, 0.3) is 0 Å². The van der Waals surface area contributed by atoms with Crippen molar-refractivity contribution in [1.82, 2.24) is 4.98 Å². The average Bonchev–Trinajstić information content (AvgIpc) is 2.39. The van der Waals surface area contributed by atoms with Crippen LogP contribution < -0.4 is 0 Å². The zero-order valence-electron chi connectivity index (χ0n) is 8.85. The summed E-state index contributed by atoms with van der Waals surface area (Å²) < 4.78 is 0. The molecule has 0 aliphatic rings. The van der Waals surface area contributed by atoms with Crippen LogP contribution in [0.5, 0.6) is 0 Å². The SMILES string of the molecule is O=C(C#Cc1ccc(Cl)cc1)c1cccnc1. The number of pyridine rings is 1. The van der Waals surface area contributed by atoms with Crippen molar-refractivity contribution in [1.29, 1.82) is 0 Å². The fraction of sp³-hybridized carbons (Fsp3) is 0. The van der Waals surface area contributed by atoms with Crippen LogP contribution in [0, 0.1) is 11.8 Å². The molecule has 0 spiro atoms. The molecule has 0 radical (unpaired) electrons. The summed E-state index contributed by atoms with van der Waals surface area (Å²) in [6.07, 6.45) is 3.11. The van der Waals surface area contributed by atoms with Gasteiger partial charge in [0.2, 0.25) is 5.78 Å². The Morgan fingerprint density at radius 1 is 1.18 bits per heavy atom. The summed E-state index contributed by atoms with van der Waals surface area (Å²) in [7, 11) is 0. The summed E-state index contributed by atoms with van der Waals surface area (Å²) in [5.41, 5.74) is 1.25. The van der Waals surface area contributed by atoms with Crippen LogP contribution in [0.15, 0.2) is 48.8 Å². The number of ketones is 1. The lowest BCUT2D eigenvalue weighted by Crippen LogP contribution is -1.94. The second-order valence-electron chi connectivity index (χ2n) is 3.33. The van der Waals surface area contributed by atoms with Gasteiger partial charge in [-0.25, -0.2) is 0 Å². The van der Waals surface area contributed by atoms with Gasteiger partial charge in [0, 0.05) is 28.5 Å². The highest BCUT2D eigenvalue weighted by Gasteiger charge is 1.99. The fourth-order valence-corrected chi connectivity index (χ4v) is 1.36. The van der Waals surface area contributed by atoms with Crippen LogP contribution in [0.4, 0.5) is 0 Å². The minimum absolute atomic E-state index is 0.243. The molecule has 1 heterocycles. The van der Waals surface area contributed by atoms with Gasteiger partial charge in [0.05, 0.1) is 0 Å². The Bertz CT molecular complexity index is 579. The highest BCUT2D eigenvalue weighted by molar-refractivity contribution is 6.30. The van der Waals surface area contributed by atoms with Gasteiger partial charge in [0.15, 0.2) is 0 Å². The third-order valence-electron chi connectivity index (χ3n) is 2.09. The number of nitrogens with zero attached hydrogens (tertiary/aromatic N) is 1. The normalized spacial score (nSPS) is 9.24. The molecule has 0 fully saturated rings. The van der Waals surface area contributed by atoms with E-state index >= 15 is 0 Å². The van der Waals surface area contributed by atoms with Gasteiger partial charge in [-0.2, -0.15) is 0 Å². The van der Waals surface area contributed by atoms with E-state index in [9.17, 15) is 4.79 Å². The van der Waals surface area contributed by atoms with E-state index in [0.717, 1.165) is 5.56 Å². The maximum absolute atomic E-state index is 11.6. The van der Waals surface area contributed by atoms with E-state index in [0.29, 0.717) is 10.6 Å². The molecule has 2 nitrogen and oxygen atoms in total. The van der Waals surface area contributed by atoms with Crippen molar-refractivity contribution in [3.05, 3.63) is 64.9 Å². The van der Waals surface area contributed by atoms with E-state index in [1.54, 1.807) is 42.6 Å². The lowest BCUT2D eigenvalue weighted by molar-refractivity contribution is 0.105. The minimum Gasteiger partial charge on any atom is -0.279 e. The fourth-order valence-electron chi connectivity index (χ4n) is 1.23. The quantitative estimate of drug-likeness (QED) is 0.568. The van der Waals surface area contributed by atoms with E-state index in [4.69, 9.17) is 11.6 Å². The van der Waals surface area contributed by atoms with Crippen LogP contribution in [0.2, 0.25) is 5.02 Å². The summed E-state index contributed by atoms with van der Waals surface area (Å²) in [5.74, 6) is 5.10. The van der Waals surface area contributed by atoms with Crippen molar-refractivity contribution in [2.24, 2.45) is 0 Å². The molecule has 0 bridgehead atoms. The number of Topliss-reactive ketones (excluding diaryl/α,β-unsaturated/α-hetero) is 1. The minimum atomic E-state index is -0.243. The summed E-state index contributed by atoms with van der Waals surface area (Å²) in [5, 5.41) is 0.647. The molecule has 0 saturated heterocycles. The number of carbonyl (C=O) groups is 1. The smallest absolute Gasteiger partial charge is 0.237 e. The van der Waals surface area contributed by atoms with Gasteiger partial charge in [0.1, 0.15) is 0 Å².